The van der Waals surface area contributed by atoms with Gasteiger partial charge in [0.2, 0.25) is 0 Å². The van der Waals surface area contributed by atoms with Gasteiger partial charge < -0.3 is 0 Å². The number of nitrogens with one attached hydrogen (secondary N) is 2. The second kappa shape index (κ2) is 5.41. The molecule has 0 fully saturated rings. The smallest absolute Gasteiger partial charge is 0.271 e. The van der Waals surface area contributed by atoms with Crippen LogP contribution in [0.2, 0.25) is 0 Å². The van der Waals surface area contributed by atoms with E-state index < -0.39 is 28.7 Å². The Balaban J connectivity index is 2.74. The van der Waals surface area contributed by atoms with Crippen LogP contribution in [-0.4, -0.2) is 21.1 Å². The molecule has 18 heavy (non-hydrogen) atoms. The van der Waals surface area contributed by atoms with Gasteiger partial charge in [0.1, 0.15) is 12.4 Å². The van der Waals surface area contributed by atoms with E-state index >= 15 is 0 Å². The van der Waals surface area contributed by atoms with E-state index in [2.05, 4.69) is 15.9 Å². The summed E-state index contributed by atoms with van der Waals surface area (Å²) in [5, 5.41) is 0. The number of benzene rings is 1. The van der Waals surface area contributed by atoms with Crippen molar-refractivity contribution in [2.75, 3.05) is 11.3 Å². The van der Waals surface area contributed by atoms with Gasteiger partial charge in [-0.2, -0.15) is 26.3 Å². The molecule has 0 spiro atoms. The summed E-state index contributed by atoms with van der Waals surface area (Å²) in [5.74, 6) is -0.624. The number of alkyl halides is 3. The molecule has 0 aromatic heterocycles. The molecule has 102 valence electrons. The zero-order valence-electron chi connectivity index (χ0n) is 8.55. The van der Waals surface area contributed by atoms with Crippen molar-refractivity contribution in [3.8, 4) is 0 Å². The van der Waals surface area contributed by atoms with Crippen molar-refractivity contribution in [3.05, 3.63) is 28.5 Å². The molecule has 2 N–H and O–H groups in total. The maximum atomic E-state index is 12.8. The average Bonchev–Trinajstić information content (AvgIpc) is 2.20. The Morgan fingerprint density at radius 2 is 1.89 bits per heavy atom. The van der Waals surface area contributed by atoms with E-state index in [0.717, 1.165) is 18.2 Å². The fraction of sp³-hybridized carbons (Fsp3) is 0.250. The summed E-state index contributed by atoms with van der Waals surface area (Å²) in [6.45, 7) is -1.69. The number of rotatable bonds is 4. The zero-order valence-corrected chi connectivity index (χ0v) is 11.0. The maximum absolute atomic E-state index is 12.8. The minimum absolute atomic E-state index is 0.0153. The van der Waals surface area contributed by atoms with Gasteiger partial charge in [0.25, 0.3) is 10.2 Å². The van der Waals surface area contributed by atoms with Crippen LogP contribution in [0.5, 0.6) is 0 Å². The van der Waals surface area contributed by atoms with Crippen molar-refractivity contribution in [3.63, 3.8) is 0 Å². The lowest BCUT2D eigenvalue weighted by atomic mass is 10.3. The highest BCUT2D eigenvalue weighted by Crippen LogP contribution is 2.20. The Kier molecular flexibility index (Phi) is 4.56. The summed E-state index contributed by atoms with van der Waals surface area (Å²) in [7, 11) is -4.36. The Labute approximate surface area is 109 Å². The van der Waals surface area contributed by atoms with Crippen LogP contribution in [0.15, 0.2) is 22.7 Å². The lowest BCUT2D eigenvalue weighted by molar-refractivity contribution is -0.121. The first kappa shape index (κ1) is 15.2. The van der Waals surface area contributed by atoms with Crippen LogP contribution in [0.3, 0.4) is 0 Å². The van der Waals surface area contributed by atoms with Gasteiger partial charge in [-0.3, -0.25) is 4.72 Å². The van der Waals surface area contributed by atoms with Crippen molar-refractivity contribution in [1.82, 2.24) is 4.72 Å². The molecule has 0 aliphatic carbocycles. The van der Waals surface area contributed by atoms with E-state index in [4.69, 9.17) is 0 Å². The lowest BCUT2D eigenvalue weighted by Gasteiger charge is -2.11. The van der Waals surface area contributed by atoms with Crippen LogP contribution >= 0.6 is 15.9 Å². The van der Waals surface area contributed by atoms with Crippen LogP contribution in [0.4, 0.5) is 23.2 Å². The predicted molar refractivity (Wildman–Crippen MR) is 60.7 cm³/mol. The molecule has 0 radical (unpaired) electrons. The van der Waals surface area contributed by atoms with Crippen molar-refractivity contribution < 1.29 is 26.0 Å². The maximum Gasteiger partial charge on any atom is 0.402 e. The lowest BCUT2D eigenvalue weighted by Crippen LogP contribution is -2.37. The third-order valence-corrected chi connectivity index (χ3v) is 3.27. The Morgan fingerprint density at radius 1 is 1.28 bits per heavy atom. The standard InChI is InChI=1S/C8H7BrF4N2O2S/c9-6-3-5(1-2-7(6)10)15-18(16,17)14-4-8(11,12)13/h1-3,14-15H,4H2. The van der Waals surface area contributed by atoms with Crippen LogP contribution in [-0.2, 0) is 10.2 Å². The van der Waals surface area contributed by atoms with Gasteiger partial charge in [0.05, 0.1) is 10.2 Å². The van der Waals surface area contributed by atoms with Gasteiger partial charge in [0, 0.05) is 0 Å². The Bertz CT molecular complexity index is 532. The molecular weight excluding hydrogens is 344 g/mol. The van der Waals surface area contributed by atoms with Gasteiger partial charge in [-0.05, 0) is 34.1 Å². The molecule has 0 saturated carbocycles. The largest absolute Gasteiger partial charge is 0.402 e. The SMILES string of the molecule is O=S(=O)(NCC(F)(F)F)Nc1ccc(F)c(Br)c1. The first-order chi connectivity index (χ1) is 8.09. The van der Waals surface area contributed by atoms with Gasteiger partial charge in [0.15, 0.2) is 0 Å². The molecule has 0 aliphatic rings. The van der Waals surface area contributed by atoms with E-state index in [9.17, 15) is 26.0 Å². The van der Waals surface area contributed by atoms with Gasteiger partial charge >= 0.3 is 6.18 Å². The molecular formula is C8H7BrF4N2O2S. The van der Waals surface area contributed by atoms with Gasteiger partial charge in [-0.25, -0.2) is 4.39 Å². The highest BCUT2D eigenvalue weighted by Gasteiger charge is 2.29. The average molecular weight is 351 g/mol. The predicted octanol–water partition coefficient (Wildman–Crippen LogP) is 2.40. The third-order valence-electron chi connectivity index (χ3n) is 1.63. The van der Waals surface area contributed by atoms with E-state index in [1.807, 2.05) is 4.72 Å². The molecule has 4 nitrogen and oxygen atoms in total. The molecule has 0 bridgehead atoms. The van der Waals surface area contributed by atoms with Crippen molar-refractivity contribution in [2.45, 2.75) is 6.18 Å². The van der Waals surface area contributed by atoms with Gasteiger partial charge in [-0.15, -0.1) is 0 Å². The number of halogens is 5. The Morgan fingerprint density at radius 3 is 2.39 bits per heavy atom. The summed E-state index contributed by atoms with van der Waals surface area (Å²) in [4.78, 5) is 0. The number of hydrogen-bond acceptors (Lipinski definition) is 2. The molecule has 10 heteroatoms. The Hall–Kier alpha value is -0.870. The van der Waals surface area contributed by atoms with E-state index in [1.54, 1.807) is 0 Å². The highest BCUT2D eigenvalue weighted by molar-refractivity contribution is 9.10. The molecule has 0 atom stereocenters. The summed E-state index contributed by atoms with van der Waals surface area (Å²) >= 11 is 2.81. The first-order valence-electron chi connectivity index (χ1n) is 4.38. The monoisotopic (exact) mass is 350 g/mol. The molecule has 1 rings (SSSR count). The highest BCUT2D eigenvalue weighted by atomic mass is 79.9. The fourth-order valence-corrected chi connectivity index (χ4v) is 2.17. The van der Waals surface area contributed by atoms with Gasteiger partial charge in [-0.1, -0.05) is 0 Å². The zero-order chi connectivity index (χ0) is 14.0. The van der Waals surface area contributed by atoms with E-state index in [1.165, 1.54) is 4.72 Å². The minimum Gasteiger partial charge on any atom is -0.271 e. The summed E-state index contributed by atoms with van der Waals surface area (Å²) in [5.41, 5.74) is -0.0713. The minimum atomic E-state index is -4.65. The molecule has 0 heterocycles. The molecule has 0 amide bonds. The van der Waals surface area contributed by atoms with Crippen LogP contribution < -0.4 is 9.44 Å². The topological polar surface area (TPSA) is 58.2 Å². The first-order valence-corrected chi connectivity index (χ1v) is 6.66. The van der Waals surface area contributed by atoms with Crippen LogP contribution in [0.25, 0.3) is 0 Å². The quantitative estimate of drug-likeness (QED) is 0.819. The second-order valence-corrected chi connectivity index (χ2v) is 5.52. The second-order valence-electron chi connectivity index (χ2n) is 3.17. The summed E-state index contributed by atoms with van der Waals surface area (Å²) < 4.78 is 73.9. The summed E-state index contributed by atoms with van der Waals surface area (Å²) in [6, 6.07) is 3.13. The van der Waals surface area contributed by atoms with Crippen molar-refractivity contribution in [1.29, 1.82) is 0 Å². The number of anilines is 1. The molecule has 0 saturated heterocycles. The molecule has 1 aromatic rings. The molecule has 0 aliphatic heterocycles. The van der Waals surface area contributed by atoms with E-state index in [-0.39, 0.29) is 10.2 Å². The summed E-state index contributed by atoms with van der Waals surface area (Å²) in [6.07, 6.45) is -4.65. The van der Waals surface area contributed by atoms with Crippen LogP contribution in [0.1, 0.15) is 0 Å². The van der Waals surface area contributed by atoms with E-state index in [0.29, 0.717) is 0 Å². The normalized spacial score (nSPS) is 12.5. The third kappa shape index (κ3) is 5.19. The number of hydrogen-bond donors (Lipinski definition) is 2. The van der Waals surface area contributed by atoms with Crippen molar-refractivity contribution in [2.24, 2.45) is 0 Å². The van der Waals surface area contributed by atoms with Crippen molar-refractivity contribution >= 4 is 31.8 Å². The molecule has 0 unspecified atom stereocenters. The molecule has 1 aromatic carbocycles. The van der Waals surface area contributed by atoms with Crippen LogP contribution in [0, 0.1) is 5.82 Å². The fourth-order valence-electron chi connectivity index (χ4n) is 0.928.